The Morgan fingerprint density at radius 3 is 2.74 bits per heavy atom. The lowest BCUT2D eigenvalue weighted by Gasteiger charge is -2.02. The minimum absolute atomic E-state index is 0.402. The van der Waals surface area contributed by atoms with Crippen LogP contribution in [0.25, 0.3) is 0 Å². The van der Waals surface area contributed by atoms with E-state index in [-0.39, 0.29) is 0 Å². The molecule has 0 atom stereocenters. The van der Waals surface area contributed by atoms with Crippen LogP contribution in [0.4, 0.5) is 0 Å². The minimum atomic E-state index is 0.402. The predicted molar refractivity (Wildman–Crippen MR) is 77.3 cm³/mol. The summed E-state index contributed by atoms with van der Waals surface area (Å²) < 4.78 is 5.16. The number of nitrogens with zero attached hydrogens (tertiary/aromatic N) is 2. The summed E-state index contributed by atoms with van der Waals surface area (Å²) in [5.74, 6) is 2.02. The number of nitrogens with one attached hydrogen (secondary N) is 1. The quantitative estimate of drug-likeness (QED) is 0.827. The summed E-state index contributed by atoms with van der Waals surface area (Å²) in [6, 6.07) is 8.11. The van der Waals surface area contributed by atoms with Crippen molar-refractivity contribution in [3.05, 3.63) is 41.0 Å². The maximum atomic E-state index is 5.84. The van der Waals surface area contributed by atoms with Crippen molar-refractivity contribution in [1.82, 2.24) is 15.5 Å². The van der Waals surface area contributed by atoms with Crippen molar-refractivity contribution in [3.8, 4) is 0 Å². The first-order valence-electron chi connectivity index (χ1n) is 6.06. The van der Waals surface area contributed by atoms with Gasteiger partial charge >= 0.3 is 0 Å². The molecule has 0 unspecified atom stereocenters. The van der Waals surface area contributed by atoms with E-state index < -0.39 is 0 Å². The van der Waals surface area contributed by atoms with Crippen LogP contribution in [-0.2, 0) is 12.3 Å². The summed E-state index contributed by atoms with van der Waals surface area (Å²) in [4.78, 5) is 5.46. The standard InChI is InChI=1S/C13H16ClN3OS/c1-9(2)15-7-13-16-12(17-18-13)8-19-11-5-3-10(14)4-6-11/h3-6,9,15H,7-8H2,1-2H3. The topological polar surface area (TPSA) is 51.0 Å². The normalized spacial score (nSPS) is 11.2. The molecule has 0 amide bonds. The van der Waals surface area contributed by atoms with Crippen LogP contribution < -0.4 is 5.32 Å². The zero-order valence-electron chi connectivity index (χ0n) is 10.9. The Kier molecular flexibility index (Phi) is 5.24. The van der Waals surface area contributed by atoms with Gasteiger partial charge in [0.2, 0.25) is 5.89 Å². The van der Waals surface area contributed by atoms with E-state index in [1.54, 1.807) is 11.8 Å². The molecule has 1 aromatic carbocycles. The van der Waals surface area contributed by atoms with Crippen LogP contribution in [0, 0.1) is 0 Å². The van der Waals surface area contributed by atoms with Gasteiger partial charge in [0, 0.05) is 16.0 Å². The molecule has 0 spiro atoms. The fraction of sp³-hybridized carbons (Fsp3) is 0.385. The molecule has 0 aliphatic carbocycles. The lowest BCUT2D eigenvalue weighted by molar-refractivity contribution is 0.358. The average Bonchev–Trinajstić information content (AvgIpc) is 2.84. The Hall–Kier alpha value is -1.04. The zero-order valence-corrected chi connectivity index (χ0v) is 12.5. The molecular formula is C13H16ClN3OS. The lowest BCUT2D eigenvalue weighted by Crippen LogP contribution is -2.21. The number of rotatable bonds is 6. The summed E-state index contributed by atoms with van der Waals surface area (Å²) >= 11 is 7.49. The number of hydrogen-bond acceptors (Lipinski definition) is 5. The van der Waals surface area contributed by atoms with Crippen LogP contribution in [0.3, 0.4) is 0 Å². The molecular weight excluding hydrogens is 282 g/mol. The Morgan fingerprint density at radius 1 is 1.32 bits per heavy atom. The molecule has 19 heavy (non-hydrogen) atoms. The maximum Gasteiger partial charge on any atom is 0.240 e. The van der Waals surface area contributed by atoms with E-state index in [0.29, 0.717) is 30.1 Å². The van der Waals surface area contributed by atoms with Gasteiger partial charge < -0.3 is 9.84 Å². The molecule has 2 aromatic rings. The van der Waals surface area contributed by atoms with E-state index in [9.17, 15) is 0 Å². The Balaban J connectivity index is 1.84. The fourth-order valence-corrected chi connectivity index (χ4v) is 2.26. The summed E-state index contributed by atoms with van der Waals surface area (Å²) in [6.45, 7) is 4.76. The van der Waals surface area contributed by atoms with Crippen LogP contribution >= 0.6 is 23.4 Å². The monoisotopic (exact) mass is 297 g/mol. The highest BCUT2D eigenvalue weighted by molar-refractivity contribution is 7.98. The van der Waals surface area contributed by atoms with Crippen LogP contribution in [0.5, 0.6) is 0 Å². The zero-order chi connectivity index (χ0) is 13.7. The molecule has 1 N–H and O–H groups in total. The molecule has 1 heterocycles. The summed E-state index contributed by atoms with van der Waals surface area (Å²) in [5.41, 5.74) is 0. The van der Waals surface area contributed by atoms with Gasteiger partial charge in [0.25, 0.3) is 0 Å². The van der Waals surface area contributed by atoms with E-state index in [1.807, 2.05) is 24.3 Å². The van der Waals surface area contributed by atoms with Gasteiger partial charge in [-0.2, -0.15) is 4.98 Å². The molecule has 0 fully saturated rings. The number of halogens is 1. The van der Waals surface area contributed by atoms with Gasteiger partial charge in [0.05, 0.1) is 12.3 Å². The maximum absolute atomic E-state index is 5.84. The third-order valence-corrected chi connectivity index (χ3v) is 3.61. The van der Waals surface area contributed by atoms with Crippen LogP contribution in [0.1, 0.15) is 25.6 Å². The molecule has 0 bridgehead atoms. The SMILES string of the molecule is CC(C)NCc1nc(CSc2ccc(Cl)cc2)no1. The summed E-state index contributed by atoms with van der Waals surface area (Å²) in [5, 5.41) is 7.93. The first kappa shape index (κ1) is 14.4. The molecule has 0 saturated carbocycles. The van der Waals surface area contributed by atoms with Crippen molar-refractivity contribution >= 4 is 23.4 Å². The summed E-state index contributed by atoms with van der Waals surface area (Å²) in [7, 11) is 0. The molecule has 0 aliphatic rings. The smallest absolute Gasteiger partial charge is 0.240 e. The van der Waals surface area contributed by atoms with Crippen molar-refractivity contribution in [3.63, 3.8) is 0 Å². The van der Waals surface area contributed by atoms with Crippen molar-refractivity contribution in [2.24, 2.45) is 0 Å². The van der Waals surface area contributed by atoms with Crippen molar-refractivity contribution in [2.45, 2.75) is 37.1 Å². The van der Waals surface area contributed by atoms with Crippen molar-refractivity contribution in [2.75, 3.05) is 0 Å². The predicted octanol–water partition coefficient (Wildman–Crippen LogP) is 3.51. The summed E-state index contributed by atoms with van der Waals surface area (Å²) in [6.07, 6.45) is 0. The highest BCUT2D eigenvalue weighted by Crippen LogP contribution is 2.23. The number of hydrogen-bond donors (Lipinski definition) is 1. The van der Waals surface area contributed by atoms with Crippen molar-refractivity contribution < 1.29 is 4.52 Å². The van der Waals surface area contributed by atoms with Gasteiger partial charge in [-0.3, -0.25) is 0 Å². The molecule has 4 nitrogen and oxygen atoms in total. The molecule has 0 saturated heterocycles. The van der Waals surface area contributed by atoms with Crippen LogP contribution in [-0.4, -0.2) is 16.2 Å². The Bertz CT molecular complexity index is 513. The molecule has 0 aliphatic heterocycles. The number of thioether (sulfide) groups is 1. The third-order valence-electron chi connectivity index (χ3n) is 2.35. The largest absolute Gasteiger partial charge is 0.338 e. The van der Waals surface area contributed by atoms with Gasteiger partial charge in [-0.15, -0.1) is 11.8 Å². The highest BCUT2D eigenvalue weighted by Gasteiger charge is 2.07. The Morgan fingerprint density at radius 2 is 2.05 bits per heavy atom. The van der Waals surface area contributed by atoms with Gasteiger partial charge in [-0.05, 0) is 24.3 Å². The fourth-order valence-electron chi connectivity index (χ4n) is 1.39. The first-order valence-corrected chi connectivity index (χ1v) is 7.43. The molecule has 6 heteroatoms. The number of aromatic nitrogens is 2. The molecule has 0 radical (unpaired) electrons. The van der Waals surface area contributed by atoms with E-state index in [2.05, 4.69) is 29.3 Å². The second-order valence-electron chi connectivity index (χ2n) is 4.38. The van der Waals surface area contributed by atoms with E-state index in [1.165, 1.54) is 0 Å². The molecule has 1 aromatic heterocycles. The molecule has 102 valence electrons. The van der Waals surface area contributed by atoms with E-state index in [4.69, 9.17) is 16.1 Å². The third kappa shape index (κ3) is 4.86. The minimum Gasteiger partial charge on any atom is -0.338 e. The highest BCUT2D eigenvalue weighted by atomic mass is 35.5. The van der Waals surface area contributed by atoms with Gasteiger partial charge in [0.1, 0.15) is 0 Å². The van der Waals surface area contributed by atoms with Crippen LogP contribution in [0.2, 0.25) is 5.02 Å². The van der Waals surface area contributed by atoms with Gasteiger partial charge in [0.15, 0.2) is 5.82 Å². The average molecular weight is 298 g/mol. The van der Waals surface area contributed by atoms with E-state index >= 15 is 0 Å². The Labute approximate surface area is 121 Å². The second kappa shape index (κ2) is 6.93. The van der Waals surface area contributed by atoms with Gasteiger partial charge in [-0.25, -0.2) is 0 Å². The van der Waals surface area contributed by atoms with Crippen molar-refractivity contribution in [1.29, 1.82) is 0 Å². The number of benzene rings is 1. The first-order chi connectivity index (χ1) is 9.13. The lowest BCUT2D eigenvalue weighted by atomic mass is 10.4. The van der Waals surface area contributed by atoms with Gasteiger partial charge in [-0.1, -0.05) is 30.6 Å². The van der Waals surface area contributed by atoms with E-state index in [0.717, 1.165) is 9.92 Å². The van der Waals surface area contributed by atoms with Crippen LogP contribution in [0.15, 0.2) is 33.7 Å². The second-order valence-corrected chi connectivity index (χ2v) is 5.87. The molecule has 2 rings (SSSR count).